The first-order valence-electron chi connectivity index (χ1n) is 7.02. The third-order valence-corrected chi connectivity index (χ3v) is 4.77. The zero-order chi connectivity index (χ0) is 14.5. The number of hydrogen-bond donors (Lipinski definition) is 1. The highest BCUT2D eigenvalue weighted by atomic mass is 32.1. The minimum absolute atomic E-state index is 0.147. The van der Waals surface area contributed by atoms with Crippen molar-refractivity contribution in [3.63, 3.8) is 0 Å². The molecule has 0 aliphatic heterocycles. The number of pyridine rings is 1. The van der Waals surface area contributed by atoms with Gasteiger partial charge in [-0.2, -0.15) is 0 Å². The standard InChI is InChI=1S/C16H23N3S/c1-4-14(17)15(16-12(2)7-9-20-16)19(3)11-13-6-5-8-18-10-13/h5-10,14-15H,4,11,17H2,1-3H3. The van der Waals surface area contributed by atoms with E-state index in [2.05, 4.69) is 48.3 Å². The molecule has 0 saturated heterocycles. The number of thiophene rings is 1. The highest BCUT2D eigenvalue weighted by Gasteiger charge is 2.25. The summed E-state index contributed by atoms with van der Waals surface area (Å²) in [5.74, 6) is 0. The SMILES string of the molecule is CCC(N)C(c1sccc1C)N(C)Cc1cccnc1. The number of nitrogens with two attached hydrogens (primary N) is 1. The van der Waals surface area contributed by atoms with Gasteiger partial charge in [0.25, 0.3) is 0 Å². The minimum atomic E-state index is 0.147. The van der Waals surface area contributed by atoms with Gasteiger partial charge in [0.1, 0.15) is 0 Å². The molecule has 0 saturated carbocycles. The highest BCUT2D eigenvalue weighted by molar-refractivity contribution is 7.10. The number of likely N-dealkylation sites (N-methyl/N-ethyl adjacent to an activating group) is 1. The summed E-state index contributed by atoms with van der Waals surface area (Å²) in [6, 6.07) is 6.68. The van der Waals surface area contributed by atoms with Crippen molar-refractivity contribution in [3.8, 4) is 0 Å². The van der Waals surface area contributed by atoms with Crippen LogP contribution in [0.25, 0.3) is 0 Å². The average molecular weight is 289 g/mol. The second-order valence-corrected chi connectivity index (χ2v) is 6.21. The molecular weight excluding hydrogens is 266 g/mol. The summed E-state index contributed by atoms with van der Waals surface area (Å²) in [4.78, 5) is 7.90. The predicted molar refractivity (Wildman–Crippen MR) is 85.8 cm³/mol. The van der Waals surface area contributed by atoms with Crippen molar-refractivity contribution >= 4 is 11.3 Å². The molecule has 0 bridgehead atoms. The van der Waals surface area contributed by atoms with E-state index in [9.17, 15) is 0 Å². The van der Waals surface area contributed by atoms with E-state index in [1.54, 1.807) is 11.3 Å². The van der Waals surface area contributed by atoms with Gasteiger partial charge in [0.15, 0.2) is 0 Å². The summed E-state index contributed by atoms with van der Waals surface area (Å²) in [7, 11) is 2.15. The molecule has 0 fully saturated rings. The van der Waals surface area contributed by atoms with Gasteiger partial charge in [-0.1, -0.05) is 13.0 Å². The average Bonchev–Trinajstić information content (AvgIpc) is 2.86. The van der Waals surface area contributed by atoms with E-state index in [1.165, 1.54) is 16.0 Å². The van der Waals surface area contributed by atoms with E-state index in [0.717, 1.165) is 13.0 Å². The van der Waals surface area contributed by atoms with Crippen LogP contribution in [0.3, 0.4) is 0 Å². The van der Waals surface area contributed by atoms with Crippen LogP contribution < -0.4 is 5.73 Å². The van der Waals surface area contributed by atoms with Gasteiger partial charge in [0, 0.05) is 29.9 Å². The minimum Gasteiger partial charge on any atom is -0.326 e. The molecule has 2 unspecified atom stereocenters. The fraction of sp³-hybridized carbons (Fsp3) is 0.438. The van der Waals surface area contributed by atoms with Crippen molar-refractivity contribution in [3.05, 3.63) is 52.0 Å². The Bertz CT molecular complexity index is 524. The normalized spacial score (nSPS) is 14.4. The van der Waals surface area contributed by atoms with Crippen LogP contribution in [0.5, 0.6) is 0 Å². The van der Waals surface area contributed by atoms with Crippen LogP contribution in [0.1, 0.15) is 35.4 Å². The van der Waals surface area contributed by atoms with Crippen molar-refractivity contribution < 1.29 is 0 Å². The first-order chi connectivity index (χ1) is 9.63. The van der Waals surface area contributed by atoms with Gasteiger partial charge in [-0.25, -0.2) is 0 Å². The molecule has 108 valence electrons. The molecule has 2 rings (SSSR count). The first kappa shape index (κ1) is 15.2. The molecule has 3 nitrogen and oxygen atoms in total. The molecule has 2 atom stereocenters. The summed E-state index contributed by atoms with van der Waals surface area (Å²) in [5.41, 5.74) is 8.94. The third-order valence-electron chi connectivity index (χ3n) is 3.68. The van der Waals surface area contributed by atoms with Gasteiger partial charge in [-0.3, -0.25) is 9.88 Å². The molecule has 20 heavy (non-hydrogen) atoms. The zero-order valence-electron chi connectivity index (χ0n) is 12.4. The summed E-state index contributed by atoms with van der Waals surface area (Å²) in [6.07, 6.45) is 4.70. The van der Waals surface area contributed by atoms with E-state index in [-0.39, 0.29) is 12.1 Å². The van der Waals surface area contributed by atoms with Gasteiger partial charge < -0.3 is 5.73 Å². The second kappa shape index (κ2) is 6.97. The number of nitrogens with zero attached hydrogens (tertiary/aromatic N) is 2. The molecule has 0 aliphatic rings. The van der Waals surface area contributed by atoms with E-state index < -0.39 is 0 Å². The number of aromatic nitrogens is 1. The lowest BCUT2D eigenvalue weighted by molar-refractivity contribution is 0.204. The molecule has 2 heterocycles. The van der Waals surface area contributed by atoms with Crippen LogP contribution in [0.2, 0.25) is 0 Å². The number of hydrogen-bond acceptors (Lipinski definition) is 4. The fourth-order valence-corrected chi connectivity index (χ4v) is 3.68. The third kappa shape index (κ3) is 3.45. The number of aryl methyl sites for hydroxylation is 1. The van der Waals surface area contributed by atoms with Crippen LogP contribution in [0.15, 0.2) is 36.0 Å². The molecule has 2 aromatic heterocycles. The Labute approximate surface area is 125 Å². The molecule has 2 N–H and O–H groups in total. The first-order valence-corrected chi connectivity index (χ1v) is 7.90. The molecule has 0 aromatic carbocycles. The maximum Gasteiger partial charge on any atom is 0.0596 e. The predicted octanol–water partition coefficient (Wildman–Crippen LogP) is 3.36. The Hall–Kier alpha value is -1.23. The molecule has 4 heteroatoms. The quantitative estimate of drug-likeness (QED) is 0.886. The largest absolute Gasteiger partial charge is 0.326 e. The van der Waals surface area contributed by atoms with Gasteiger partial charge >= 0.3 is 0 Å². The second-order valence-electron chi connectivity index (χ2n) is 5.26. The van der Waals surface area contributed by atoms with E-state index in [4.69, 9.17) is 5.73 Å². The lowest BCUT2D eigenvalue weighted by Crippen LogP contribution is -2.38. The monoisotopic (exact) mass is 289 g/mol. The molecule has 2 aromatic rings. The maximum absolute atomic E-state index is 6.38. The van der Waals surface area contributed by atoms with Crippen molar-refractivity contribution in [2.24, 2.45) is 5.73 Å². The molecule has 0 radical (unpaired) electrons. The van der Waals surface area contributed by atoms with Gasteiger partial charge in [0.2, 0.25) is 0 Å². The Morgan fingerprint density at radius 2 is 2.20 bits per heavy atom. The molecule has 0 amide bonds. The van der Waals surface area contributed by atoms with E-state index in [1.807, 2.05) is 18.5 Å². The Morgan fingerprint density at radius 1 is 1.40 bits per heavy atom. The molecule has 0 aliphatic carbocycles. The summed E-state index contributed by atoms with van der Waals surface area (Å²) >= 11 is 1.80. The fourth-order valence-electron chi connectivity index (χ4n) is 2.51. The van der Waals surface area contributed by atoms with Gasteiger partial charge in [-0.15, -0.1) is 11.3 Å². The summed E-state index contributed by atoms with van der Waals surface area (Å²) in [5, 5.41) is 2.15. The highest BCUT2D eigenvalue weighted by Crippen LogP contribution is 2.31. The van der Waals surface area contributed by atoms with E-state index >= 15 is 0 Å². The molecular formula is C16H23N3S. The Balaban J connectivity index is 2.21. The maximum atomic E-state index is 6.38. The van der Waals surface area contributed by atoms with E-state index in [0.29, 0.717) is 0 Å². The zero-order valence-corrected chi connectivity index (χ0v) is 13.2. The van der Waals surface area contributed by atoms with Gasteiger partial charge in [-0.05, 0) is 49.0 Å². The lowest BCUT2D eigenvalue weighted by Gasteiger charge is -2.32. The van der Waals surface area contributed by atoms with Crippen LogP contribution >= 0.6 is 11.3 Å². The van der Waals surface area contributed by atoms with Gasteiger partial charge in [0.05, 0.1) is 6.04 Å². The van der Waals surface area contributed by atoms with Crippen molar-refractivity contribution in [1.82, 2.24) is 9.88 Å². The lowest BCUT2D eigenvalue weighted by atomic mass is 10.0. The van der Waals surface area contributed by atoms with Crippen LogP contribution in [-0.4, -0.2) is 23.0 Å². The van der Waals surface area contributed by atoms with Crippen LogP contribution in [0.4, 0.5) is 0 Å². The smallest absolute Gasteiger partial charge is 0.0596 e. The Morgan fingerprint density at radius 3 is 2.75 bits per heavy atom. The molecule has 0 spiro atoms. The Kier molecular flexibility index (Phi) is 5.29. The summed E-state index contributed by atoms with van der Waals surface area (Å²) < 4.78 is 0. The number of rotatable bonds is 6. The van der Waals surface area contributed by atoms with Crippen LogP contribution in [-0.2, 0) is 6.54 Å². The topological polar surface area (TPSA) is 42.1 Å². The van der Waals surface area contributed by atoms with Crippen molar-refractivity contribution in [2.45, 2.75) is 38.9 Å². The van der Waals surface area contributed by atoms with Crippen molar-refractivity contribution in [1.29, 1.82) is 0 Å². The van der Waals surface area contributed by atoms with Crippen LogP contribution in [0, 0.1) is 6.92 Å². The van der Waals surface area contributed by atoms with Crippen molar-refractivity contribution in [2.75, 3.05) is 7.05 Å². The summed E-state index contributed by atoms with van der Waals surface area (Å²) in [6.45, 7) is 5.18.